The van der Waals surface area contributed by atoms with Crippen LogP contribution in [0.2, 0.25) is 0 Å². The van der Waals surface area contributed by atoms with E-state index >= 15 is 0 Å². The summed E-state index contributed by atoms with van der Waals surface area (Å²) < 4.78 is 0. The molecule has 4 nitrogen and oxygen atoms in total. The molecule has 2 amide bonds. The molecule has 1 aliphatic heterocycles. The van der Waals surface area contributed by atoms with Crippen LogP contribution in [0.1, 0.15) is 27.8 Å². The molecule has 1 aliphatic rings. The number of anilines is 1. The molecule has 1 N–H and O–H groups in total. The number of nitrogens with one attached hydrogen (secondary N) is 1. The molecule has 0 fully saturated rings. The third-order valence-electron chi connectivity index (χ3n) is 5.56. The maximum absolute atomic E-state index is 13.4. The van der Waals surface area contributed by atoms with Gasteiger partial charge in [-0.25, -0.2) is 0 Å². The average molecular weight is 396 g/mol. The van der Waals surface area contributed by atoms with Gasteiger partial charge in [0.25, 0.3) is 11.8 Å². The number of rotatable bonds is 5. The summed E-state index contributed by atoms with van der Waals surface area (Å²) in [6.07, 6.45) is 0. The minimum atomic E-state index is -0.305. The molecule has 0 unspecified atom stereocenters. The van der Waals surface area contributed by atoms with E-state index in [1.807, 2.05) is 93.6 Å². The van der Waals surface area contributed by atoms with Crippen molar-refractivity contribution in [3.8, 4) is 0 Å². The largest absolute Gasteiger partial charge is 0.350 e. The molecule has 4 heteroatoms. The molecule has 0 aromatic heterocycles. The van der Waals surface area contributed by atoms with Gasteiger partial charge in [0.1, 0.15) is 5.70 Å². The maximum atomic E-state index is 13.4. The van der Waals surface area contributed by atoms with Gasteiger partial charge in [0, 0.05) is 5.69 Å². The van der Waals surface area contributed by atoms with Crippen LogP contribution < -0.4 is 5.32 Å². The summed E-state index contributed by atoms with van der Waals surface area (Å²) in [4.78, 5) is 28.0. The second kappa shape index (κ2) is 7.99. The molecule has 3 aromatic carbocycles. The number of benzene rings is 3. The van der Waals surface area contributed by atoms with Crippen LogP contribution in [-0.2, 0) is 16.1 Å². The van der Waals surface area contributed by atoms with Gasteiger partial charge in [-0.1, -0.05) is 72.3 Å². The third-order valence-corrected chi connectivity index (χ3v) is 5.56. The Morgan fingerprint density at radius 1 is 0.767 bits per heavy atom. The van der Waals surface area contributed by atoms with Crippen molar-refractivity contribution < 1.29 is 9.59 Å². The van der Waals surface area contributed by atoms with E-state index in [1.54, 1.807) is 0 Å². The molecule has 3 aromatic rings. The van der Waals surface area contributed by atoms with Crippen LogP contribution in [0.25, 0.3) is 5.57 Å². The van der Waals surface area contributed by atoms with Gasteiger partial charge >= 0.3 is 0 Å². The monoisotopic (exact) mass is 396 g/mol. The lowest BCUT2D eigenvalue weighted by molar-refractivity contribution is -0.137. The van der Waals surface area contributed by atoms with Gasteiger partial charge in [-0.05, 0) is 49.1 Å². The van der Waals surface area contributed by atoms with E-state index in [4.69, 9.17) is 0 Å². The molecule has 4 rings (SSSR count). The highest BCUT2D eigenvalue weighted by atomic mass is 16.2. The lowest BCUT2D eigenvalue weighted by atomic mass is 10.0. The van der Waals surface area contributed by atoms with E-state index in [1.165, 1.54) is 4.90 Å². The van der Waals surface area contributed by atoms with Gasteiger partial charge in [-0.2, -0.15) is 0 Å². The number of hydrogen-bond acceptors (Lipinski definition) is 3. The molecule has 0 saturated heterocycles. The maximum Gasteiger partial charge on any atom is 0.278 e. The molecule has 1 heterocycles. The zero-order chi connectivity index (χ0) is 21.3. The minimum Gasteiger partial charge on any atom is -0.350 e. The lowest BCUT2D eigenvalue weighted by Gasteiger charge is -2.16. The van der Waals surface area contributed by atoms with Crippen LogP contribution in [0.15, 0.2) is 78.5 Å². The van der Waals surface area contributed by atoms with E-state index in [-0.39, 0.29) is 18.4 Å². The first kappa shape index (κ1) is 19.6. The molecule has 0 bridgehead atoms. The standard InChI is InChI=1S/C26H24N2O2/c1-17-12-14-20(15-13-17)16-28-25(29)23(21-9-5-4-6-10-21)24(26(28)30)27-22-11-7-8-18(2)19(22)3/h4-15,27H,16H2,1-3H3. The zero-order valence-electron chi connectivity index (χ0n) is 17.4. The van der Waals surface area contributed by atoms with Crippen LogP contribution in [0.3, 0.4) is 0 Å². The van der Waals surface area contributed by atoms with E-state index in [0.717, 1.165) is 33.5 Å². The first-order valence-electron chi connectivity index (χ1n) is 10.0. The van der Waals surface area contributed by atoms with Gasteiger partial charge < -0.3 is 5.32 Å². The first-order chi connectivity index (χ1) is 14.5. The van der Waals surface area contributed by atoms with Crippen molar-refractivity contribution >= 4 is 23.1 Å². The molecular formula is C26H24N2O2. The van der Waals surface area contributed by atoms with Crippen LogP contribution >= 0.6 is 0 Å². The molecular weight excluding hydrogens is 372 g/mol. The highest BCUT2D eigenvalue weighted by Crippen LogP contribution is 2.32. The molecule has 0 saturated carbocycles. The Bertz CT molecular complexity index is 1150. The molecule has 150 valence electrons. The van der Waals surface area contributed by atoms with Crippen LogP contribution in [0, 0.1) is 20.8 Å². The fourth-order valence-electron chi connectivity index (χ4n) is 3.61. The minimum absolute atomic E-state index is 0.242. The second-order valence-corrected chi connectivity index (χ2v) is 7.67. The molecule has 0 atom stereocenters. The number of hydrogen-bond donors (Lipinski definition) is 1. The number of aryl methyl sites for hydroxylation is 2. The summed E-state index contributed by atoms with van der Waals surface area (Å²) in [5.74, 6) is -0.583. The number of amides is 2. The molecule has 30 heavy (non-hydrogen) atoms. The predicted octanol–water partition coefficient (Wildman–Crippen LogP) is 5.00. The van der Waals surface area contributed by atoms with Crippen molar-refractivity contribution in [3.05, 3.63) is 106 Å². The van der Waals surface area contributed by atoms with Gasteiger partial charge in [0.05, 0.1) is 12.1 Å². The fraction of sp³-hybridized carbons (Fsp3) is 0.154. The van der Waals surface area contributed by atoms with Crippen molar-refractivity contribution in [3.63, 3.8) is 0 Å². The van der Waals surface area contributed by atoms with E-state index in [2.05, 4.69) is 5.32 Å². The Labute approximate surface area is 176 Å². The normalized spacial score (nSPS) is 13.9. The van der Waals surface area contributed by atoms with Crippen molar-refractivity contribution in [1.82, 2.24) is 4.90 Å². The smallest absolute Gasteiger partial charge is 0.278 e. The average Bonchev–Trinajstić information content (AvgIpc) is 2.98. The molecule has 0 spiro atoms. The summed E-state index contributed by atoms with van der Waals surface area (Å²) in [7, 11) is 0. The topological polar surface area (TPSA) is 49.4 Å². The highest BCUT2D eigenvalue weighted by molar-refractivity contribution is 6.36. The number of carbonyl (C=O) groups is 2. The van der Waals surface area contributed by atoms with E-state index in [9.17, 15) is 9.59 Å². The van der Waals surface area contributed by atoms with Crippen LogP contribution in [0.4, 0.5) is 5.69 Å². The highest BCUT2D eigenvalue weighted by Gasteiger charge is 2.39. The van der Waals surface area contributed by atoms with Gasteiger partial charge in [-0.3, -0.25) is 14.5 Å². The van der Waals surface area contributed by atoms with E-state index < -0.39 is 0 Å². The van der Waals surface area contributed by atoms with Gasteiger partial charge in [0.2, 0.25) is 0 Å². The SMILES string of the molecule is Cc1ccc(CN2C(=O)C(Nc3cccc(C)c3C)=C(c3ccccc3)C2=O)cc1. The summed E-state index contributed by atoms with van der Waals surface area (Å²) >= 11 is 0. The molecule has 0 aliphatic carbocycles. The van der Waals surface area contributed by atoms with Crippen molar-refractivity contribution in [1.29, 1.82) is 0 Å². The Morgan fingerprint density at radius 2 is 1.47 bits per heavy atom. The second-order valence-electron chi connectivity index (χ2n) is 7.67. The Hall–Kier alpha value is -3.66. The zero-order valence-corrected chi connectivity index (χ0v) is 17.4. The van der Waals surface area contributed by atoms with E-state index in [0.29, 0.717) is 11.3 Å². The van der Waals surface area contributed by atoms with Gasteiger partial charge in [-0.15, -0.1) is 0 Å². The van der Waals surface area contributed by atoms with Crippen molar-refractivity contribution in [2.24, 2.45) is 0 Å². The Morgan fingerprint density at radius 3 is 2.17 bits per heavy atom. The lowest BCUT2D eigenvalue weighted by Crippen LogP contribution is -2.32. The quantitative estimate of drug-likeness (QED) is 0.617. The predicted molar refractivity (Wildman–Crippen MR) is 120 cm³/mol. The van der Waals surface area contributed by atoms with Crippen LogP contribution in [-0.4, -0.2) is 16.7 Å². The van der Waals surface area contributed by atoms with Crippen LogP contribution in [0.5, 0.6) is 0 Å². The number of nitrogens with zero attached hydrogens (tertiary/aromatic N) is 1. The summed E-state index contributed by atoms with van der Waals surface area (Å²) in [5, 5.41) is 3.27. The number of carbonyl (C=O) groups excluding carboxylic acids is 2. The summed E-state index contributed by atoms with van der Waals surface area (Å²) in [6, 6.07) is 23.1. The summed E-state index contributed by atoms with van der Waals surface area (Å²) in [6.45, 7) is 6.29. The third kappa shape index (κ3) is 3.64. The van der Waals surface area contributed by atoms with Crippen molar-refractivity contribution in [2.75, 3.05) is 5.32 Å². The summed E-state index contributed by atoms with van der Waals surface area (Å²) in [5.41, 5.74) is 6.53. The first-order valence-corrected chi connectivity index (χ1v) is 10.0. The number of imide groups is 1. The van der Waals surface area contributed by atoms with Gasteiger partial charge in [0.15, 0.2) is 0 Å². The Kier molecular flexibility index (Phi) is 5.23. The molecule has 0 radical (unpaired) electrons. The Balaban J connectivity index is 1.75. The fourth-order valence-corrected chi connectivity index (χ4v) is 3.61. The van der Waals surface area contributed by atoms with Crippen molar-refractivity contribution in [2.45, 2.75) is 27.3 Å².